The average molecular weight is 818 g/mol. The van der Waals surface area contributed by atoms with Gasteiger partial charge in [0.15, 0.2) is 6.10 Å². The van der Waals surface area contributed by atoms with E-state index in [1.807, 2.05) is 0 Å². The standard InChI is InChI=1S/C44H84NO10P/c1-3-5-7-9-11-13-15-17-19-20-22-23-25-27-29-31-33-35-42(46)52-37-40(38-53-56(50,51)54-39-41(45)44(48)49)55-43(47)36-34-32-30-28-26-24-21-18-16-14-12-10-8-6-4-2/h17,19,40-41H,3-16,18,20-39,45H2,1-2H3,(H,48,49)(H,50,51)/b19-17+/t40-,41+/m1/s1. The molecule has 0 bridgehead atoms. The van der Waals surface area contributed by atoms with E-state index in [0.29, 0.717) is 12.8 Å². The van der Waals surface area contributed by atoms with Crippen LogP contribution >= 0.6 is 7.82 Å². The predicted molar refractivity (Wildman–Crippen MR) is 226 cm³/mol. The van der Waals surface area contributed by atoms with Crippen LogP contribution in [0.4, 0.5) is 0 Å². The molecule has 1 unspecified atom stereocenters. The average Bonchev–Trinajstić information content (AvgIpc) is 3.17. The van der Waals surface area contributed by atoms with Crippen molar-refractivity contribution in [1.82, 2.24) is 0 Å². The number of hydrogen-bond donors (Lipinski definition) is 3. The van der Waals surface area contributed by atoms with E-state index < -0.39 is 51.1 Å². The lowest BCUT2D eigenvalue weighted by molar-refractivity contribution is -0.161. The normalized spacial score (nSPS) is 13.8. The van der Waals surface area contributed by atoms with E-state index in [2.05, 4.69) is 30.5 Å². The Hall–Kier alpha value is -1.78. The Morgan fingerprint density at radius 1 is 0.536 bits per heavy atom. The first-order chi connectivity index (χ1) is 27.1. The number of ether oxygens (including phenoxy) is 2. The Balaban J connectivity index is 4.31. The van der Waals surface area contributed by atoms with Gasteiger partial charge >= 0.3 is 25.7 Å². The van der Waals surface area contributed by atoms with Crippen LogP contribution in [0.5, 0.6) is 0 Å². The molecule has 0 aliphatic heterocycles. The Kier molecular flexibility index (Phi) is 38.7. The molecule has 0 aliphatic carbocycles. The zero-order valence-electron chi connectivity index (χ0n) is 35.7. The summed E-state index contributed by atoms with van der Waals surface area (Å²) in [6.45, 7) is 2.82. The largest absolute Gasteiger partial charge is 0.480 e. The maximum Gasteiger partial charge on any atom is 0.472 e. The van der Waals surface area contributed by atoms with Gasteiger partial charge < -0.3 is 25.2 Å². The number of carbonyl (C=O) groups is 3. The quantitative estimate of drug-likeness (QED) is 0.0231. The summed E-state index contributed by atoms with van der Waals surface area (Å²) in [5, 5.41) is 8.89. The minimum absolute atomic E-state index is 0.166. The lowest BCUT2D eigenvalue weighted by atomic mass is 10.0. The van der Waals surface area contributed by atoms with Crippen molar-refractivity contribution in [2.24, 2.45) is 5.73 Å². The van der Waals surface area contributed by atoms with Crippen LogP contribution in [0, 0.1) is 0 Å². The number of esters is 2. The molecule has 3 atom stereocenters. The van der Waals surface area contributed by atoms with Crippen LogP contribution in [0.15, 0.2) is 12.2 Å². The molecule has 0 aromatic heterocycles. The molecule has 0 spiro atoms. The number of hydrogen-bond acceptors (Lipinski definition) is 9. The summed E-state index contributed by atoms with van der Waals surface area (Å²) < 4.78 is 32.7. The number of carboxylic acid groups (broad SMARTS) is 1. The molecule has 12 heteroatoms. The number of unbranched alkanes of at least 4 members (excludes halogenated alkanes) is 27. The van der Waals surface area contributed by atoms with E-state index >= 15 is 0 Å². The Bertz CT molecular complexity index is 1010. The van der Waals surface area contributed by atoms with Crippen molar-refractivity contribution in [1.29, 1.82) is 0 Å². The number of phosphoric ester groups is 1. The molecule has 330 valence electrons. The zero-order chi connectivity index (χ0) is 41.4. The molecule has 11 nitrogen and oxygen atoms in total. The van der Waals surface area contributed by atoms with Crippen LogP contribution in [-0.4, -0.2) is 59.9 Å². The molecule has 0 radical (unpaired) electrons. The van der Waals surface area contributed by atoms with Gasteiger partial charge in [0.25, 0.3) is 0 Å². The van der Waals surface area contributed by atoms with Gasteiger partial charge in [0.2, 0.25) is 0 Å². The first-order valence-corrected chi connectivity index (χ1v) is 24.2. The summed E-state index contributed by atoms with van der Waals surface area (Å²) in [7, 11) is -4.71. The minimum atomic E-state index is -4.71. The smallest absolute Gasteiger partial charge is 0.472 e. The summed E-state index contributed by atoms with van der Waals surface area (Å²) in [6.07, 6.45) is 39.8. The maximum absolute atomic E-state index is 12.6. The predicted octanol–water partition coefficient (Wildman–Crippen LogP) is 12.1. The molecule has 0 aromatic rings. The zero-order valence-corrected chi connectivity index (χ0v) is 36.6. The van der Waals surface area contributed by atoms with Crippen LogP contribution in [-0.2, 0) is 37.5 Å². The second kappa shape index (κ2) is 40.0. The van der Waals surface area contributed by atoms with Crippen LogP contribution in [0.3, 0.4) is 0 Å². The van der Waals surface area contributed by atoms with Crippen LogP contribution in [0.1, 0.15) is 219 Å². The third-order valence-corrected chi connectivity index (χ3v) is 11.0. The fraction of sp³-hybridized carbons (Fsp3) is 0.886. The Morgan fingerprint density at radius 2 is 0.893 bits per heavy atom. The molecule has 0 aliphatic rings. The van der Waals surface area contributed by atoms with Gasteiger partial charge in [-0.05, 0) is 38.5 Å². The maximum atomic E-state index is 12.6. The molecule has 0 rings (SSSR count). The molecule has 4 N–H and O–H groups in total. The molecule has 0 saturated carbocycles. The van der Waals surface area contributed by atoms with E-state index in [1.54, 1.807) is 0 Å². The van der Waals surface area contributed by atoms with Crippen molar-refractivity contribution in [2.45, 2.75) is 231 Å². The molecule has 0 fully saturated rings. The number of aliphatic carboxylic acids is 1. The van der Waals surface area contributed by atoms with Crippen molar-refractivity contribution >= 4 is 25.7 Å². The van der Waals surface area contributed by atoms with Crippen LogP contribution in [0.2, 0.25) is 0 Å². The number of phosphoric acid groups is 1. The van der Waals surface area contributed by atoms with Gasteiger partial charge in [0.1, 0.15) is 12.6 Å². The summed E-state index contributed by atoms with van der Waals surface area (Å²) in [5.41, 5.74) is 5.34. The van der Waals surface area contributed by atoms with Crippen LogP contribution < -0.4 is 5.73 Å². The van der Waals surface area contributed by atoms with Gasteiger partial charge in [-0.3, -0.25) is 23.4 Å². The highest BCUT2D eigenvalue weighted by Crippen LogP contribution is 2.43. The lowest BCUT2D eigenvalue weighted by Crippen LogP contribution is -2.34. The fourth-order valence-electron chi connectivity index (χ4n) is 6.41. The van der Waals surface area contributed by atoms with Gasteiger partial charge in [-0.1, -0.05) is 180 Å². The van der Waals surface area contributed by atoms with Gasteiger partial charge in [-0.15, -0.1) is 0 Å². The van der Waals surface area contributed by atoms with Gasteiger partial charge in [-0.25, -0.2) is 4.57 Å². The van der Waals surface area contributed by atoms with E-state index in [9.17, 15) is 23.8 Å². The van der Waals surface area contributed by atoms with Gasteiger partial charge in [0.05, 0.1) is 13.2 Å². The number of rotatable bonds is 43. The van der Waals surface area contributed by atoms with Crippen molar-refractivity contribution in [3.8, 4) is 0 Å². The first-order valence-electron chi connectivity index (χ1n) is 22.7. The molecule has 0 saturated heterocycles. The van der Waals surface area contributed by atoms with Crippen molar-refractivity contribution in [3.05, 3.63) is 12.2 Å². The van der Waals surface area contributed by atoms with E-state index in [-0.39, 0.29) is 19.4 Å². The van der Waals surface area contributed by atoms with Gasteiger partial charge in [0, 0.05) is 12.8 Å². The molecule has 0 aromatic carbocycles. The third kappa shape index (κ3) is 39.1. The SMILES string of the molecule is CCCCCCCC/C=C/CCCCCCCCCC(=O)OC[C@H](COP(=O)(O)OC[C@H](N)C(=O)O)OC(=O)CCCCCCCCCCCCCCCCC. The second-order valence-corrected chi connectivity index (χ2v) is 17.0. The minimum Gasteiger partial charge on any atom is -0.480 e. The van der Waals surface area contributed by atoms with Gasteiger partial charge in [-0.2, -0.15) is 0 Å². The summed E-state index contributed by atoms with van der Waals surface area (Å²) in [4.78, 5) is 46.0. The Morgan fingerprint density at radius 3 is 1.30 bits per heavy atom. The molecule has 56 heavy (non-hydrogen) atoms. The topological polar surface area (TPSA) is 172 Å². The summed E-state index contributed by atoms with van der Waals surface area (Å²) in [5.74, 6) is -2.37. The number of nitrogens with two attached hydrogens (primary N) is 1. The highest BCUT2D eigenvalue weighted by Gasteiger charge is 2.28. The number of carbonyl (C=O) groups excluding carboxylic acids is 2. The van der Waals surface area contributed by atoms with Crippen molar-refractivity contribution < 1.29 is 47.5 Å². The third-order valence-electron chi connectivity index (χ3n) is 10.0. The van der Waals surface area contributed by atoms with Crippen LogP contribution in [0.25, 0.3) is 0 Å². The van der Waals surface area contributed by atoms with E-state index in [4.69, 9.17) is 24.8 Å². The molecule has 0 amide bonds. The molecular formula is C44H84NO10P. The van der Waals surface area contributed by atoms with Crippen molar-refractivity contribution in [3.63, 3.8) is 0 Å². The fourth-order valence-corrected chi connectivity index (χ4v) is 7.19. The first kappa shape index (κ1) is 54.2. The summed E-state index contributed by atoms with van der Waals surface area (Å²) >= 11 is 0. The number of carboxylic acids is 1. The highest BCUT2D eigenvalue weighted by molar-refractivity contribution is 7.47. The molecule has 0 heterocycles. The molecular weight excluding hydrogens is 733 g/mol. The number of allylic oxidation sites excluding steroid dienone is 2. The van der Waals surface area contributed by atoms with E-state index in [0.717, 1.165) is 44.9 Å². The highest BCUT2D eigenvalue weighted by atomic mass is 31.2. The summed E-state index contributed by atoms with van der Waals surface area (Å²) in [6, 6.07) is -1.52. The monoisotopic (exact) mass is 818 g/mol. The van der Waals surface area contributed by atoms with E-state index in [1.165, 1.54) is 135 Å². The lowest BCUT2D eigenvalue weighted by Gasteiger charge is -2.20. The Labute approximate surface area is 341 Å². The second-order valence-electron chi connectivity index (χ2n) is 15.5. The van der Waals surface area contributed by atoms with Crippen molar-refractivity contribution in [2.75, 3.05) is 19.8 Å².